The number of esters is 1. The van der Waals surface area contributed by atoms with E-state index in [-0.39, 0.29) is 11.7 Å². The van der Waals surface area contributed by atoms with E-state index in [0.717, 1.165) is 11.1 Å². The van der Waals surface area contributed by atoms with E-state index in [4.69, 9.17) is 9.47 Å². The zero-order valence-electron chi connectivity index (χ0n) is 7.69. The largest absolute Gasteiger partial charge is 0.508 e. The lowest BCUT2D eigenvalue weighted by Crippen LogP contribution is -2.06. The van der Waals surface area contributed by atoms with E-state index in [1.807, 2.05) is 0 Å². The summed E-state index contributed by atoms with van der Waals surface area (Å²) in [4.78, 5) is 10.7. The van der Waals surface area contributed by atoms with E-state index in [1.54, 1.807) is 18.2 Å². The molecule has 1 aromatic carbocycles. The fraction of sp³-hybridized carbons (Fsp3) is 0.300. The number of carbonyl (C=O) groups is 1. The standard InChI is InChI=1S/C10H10O4/c1-6(11)14-10-9-3-2-8(12)4-7(9)5-13-10/h2-4,10,12H,5H2,1H3. The first kappa shape index (κ1) is 9.02. The molecule has 0 aliphatic carbocycles. The summed E-state index contributed by atoms with van der Waals surface area (Å²) in [6.45, 7) is 1.70. The van der Waals surface area contributed by atoms with Crippen molar-refractivity contribution >= 4 is 5.97 Å². The monoisotopic (exact) mass is 194 g/mol. The van der Waals surface area contributed by atoms with E-state index >= 15 is 0 Å². The second kappa shape index (κ2) is 3.31. The Labute approximate surface area is 81.1 Å². The average Bonchev–Trinajstić information content (AvgIpc) is 2.47. The Balaban J connectivity index is 2.26. The fourth-order valence-electron chi connectivity index (χ4n) is 1.45. The summed E-state index contributed by atoms with van der Waals surface area (Å²) >= 11 is 0. The van der Waals surface area contributed by atoms with Gasteiger partial charge in [-0.2, -0.15) is 0 Å². The van der Waals surface area contributed by atoms with Gasteiger partial charge in [-0.3, -0.25) is 4.79 Å². The lowest BCUT2D eigenvalue weighted by molar-refractivity contribution is -0.175. The highest BCUT2D eigenvalue weighted by atomic mass is 16.7. The summed E-state index contributed by atoms with van der Waals surface area (Å²) in [5, 5.41) is 9.20. The van der Waals surface area contributed by atoms with E-state index < -0.39 is 6.29 Å². The Bertz CT molecular complexity index is 372. The number of benzene rings is 1. The molecule has 0 saturated heterocycles. The topological polar surface area (TPSA) is 55.8 Å². The van der Waals surface area contributed by atoms with E-state index in [0.29, 0.717) is 6.61 Å². The van der Waals surface area contributed by atoms with Gasteiger partial charge in [0.2, 0.25) is 6.29 Å². The molecule has 2 rings (SSSR count). The van der Waals surface area contributed by atoms with Crippen LogP contribution in [0.5, 0.6) is 5.75 Å². The van der Waals surface area contributed by atoms with Gasteiger partial charge in [-0.25, -0.2) is 0 Å². The molecule has 1 atom stereocenters. The molecule has 1 heterocycles. The van der Waals surface area contributed by atoms with Gasteiger partial charge in [0.15, 0.2) is 0 Å². The number of phenols is 1. The van der Waals surface area contributed by atoms with Crippen LogP contribution in [-0.2, 0) is 20.9 Å². The van der Waals surface area contributed by atoms with Gasteiger partial charge in [0.25, 0.3) is 0 Å². The van der Waals surface area contributed by atoms with Crippen molar-refractivity contribution in [1.29, 1.82) is 0 Å². The summed E-state index contributed by atoms with van der Waals surface area (Å²) in [6, 6.07) is 4.86. The van der Waals surface area contributed by atoms with Crippen molar-refractivity contribution in [3.8, 4) is 5.75 Å². The summed E-state index contributed by atoms with van der Waals surface area (Å²) in [7, 11) is 0. The molecular formula is C10H10O4. The van der Waals surface area contributed by atoms with Crippen molar-refractivity contribution < 1.29 is 19.4 Å². The van der Waals surface area contributed by atoms with Gasteiger partial charge in [0.1, 0.15) is 5.75 Å². The van der Waals surface area contributed by atoms with Gasteiger partial charge < -0.3 is 14.6 Å². The maximum Gasteiger partial charge on any atom is 0.305 e. The van der Waals surface area contributed by atoms with Crippen molar-refractivity contribution in [2.45, 2.75) is 19.8 Å². The average molecular weight is 194 g/mol. The number of phenolic OH excluding ortho intramolecular Hbond substituents is 1. The number of carbonyl (C=O) groups excluding carboxylic acids is 1. The van der Waals surface area contributed by atoms with Crippen LogP contribution in [0, 0.1) is 0 Å². The Hall–Kier alpha value is -1.55. The van der Waals surface area contributed by atoms with Gasteiger partial charge in [0.05, 0.1) is 6.61 Å². The number of hydrogen-bond donors (Lipinski definition) is 1. The zero-order chi connectivity index (χ0) is 10.1. The second-order valence-electron chi connectivity index (χ2n) is 3.14. The molecule has 1 aliphatic heterocycles. The van der Waals surface area contributed by atoms with Crippen LogP contribution in [0.4, 0.5) is 0 Å². The highest BCUT2D eigenvalue weighted by molar-refractivity contribution is 5.66. The summed E-state index contributed by atoms with van der Waals surface area (Å²) in [5.41, 5.74) is 1.66. The third-order valence-electron chi connectivity index (χ3n) is 2.04. The summed E-state index contributed by atoms with van der Waals surface area (Å²) in [5.74, 6) is -0.188. The molecule has 0 aromatic heterocycles. The fourth-order valence-corrected chi connectivity index (χ4v) is 1.45. The van der Waals surface area contributed by atoms with Crippen LogP contribution in [0.25, 0.3) is 0 Å². The van der Waals surface area contributed by atoms with Crippen molar-refractivity contribution in [3.05, 3.63) is 29.3 Å². The molecule has 1 unspecified atom stereocenters. The Kier molecular flexibility index (Phi) is 2.13. The Morgan fingerprint density at radius 3 is 3.14 bits per heavy atom. The minimum atomic E-state index is -0.622. The highest BCUT2D eigenvalue weighted by Gasteiger charge is 2.25. The van der Waals surface area contributed by atoms with Gasteiger partial charge >= 0.3 is 5.97 Å². The molecule has 74 valence electrons. The first-order chi connectivity index (χ1) is 6.66. The first-order valence-corrected chi connectivity index (χ1v) is 4.27. The van der Waals surface area contributed by atoms with Crippen LogP contribution in [-0.4, -0.2) is 11.1 Å². The van der Waals surface area contributed by atoms with Crippen LogP contribution >= 0.6 is 0 Å². The molecule has 0 fully saturated rings. The van der Waals surface area contributed by atoms with Crippen LogP contribution in [0.2, 0.25) is 0 Å². The Morgan fingerprint density at radius 1 is 1.64 bits per heavy atom. The van der Waals surface area contributed by atoms with E-state index in [9.17, 15) is 9.90 Å². The molecule has 0 bridgehead atoms. The molecule has 1 aliphatic rings. The van der Waals surface area contributed by atoms with Crippen LogP contribution in [0.1, 0.15) is 24.3 Å². The first-order valence-electron chi connectivity index (χ1n) is 4.27. The van der Waals surface area contributed by atoms with Crippen molar-refractivity contribution in [2.75, 3.05) is 0 Å². The second-order valence-corrected chi connectivity index (χ2v) is 3.14. The Morgan fingerprint density at radius 2 is 2.43 bits per heavy atom. The lowest BCUT2D eigenvalue weighted by Gasteiger charge is -2.10. The molecule has 4 heteroatoms. The number of fused-ring (bicyclic) bond motifs is 1. The van der Waals surface area contributed by atoms with Gasteiger partial charge in [-0.15, -0.1) is 0 Å². The van der Waals surface area contributed by atoms with Crippen LogP contribution in [0.15, 0.2) is 18.2 Å². The molecule has 0 amide bonds. The number of aromatic hydroxyl groups is 1. The maximum atomic E-state index is 10.7. The normalized spacial score (nSPS) is 19.1. The quantitative estimate of drug-likeness (QED) is 0.688. The predicted molar refractivity (Wildman–Crippen MR) is 47.4 cm³/mol. The van der Waals surface area contributed by atoms with Gasteiger partial charge in [-0.05, 0) is 23.8 Å². The van der Waals surface area contributed by atoms with Crippen LogP contribution in [0.3, 0.4) is 0 Å². The molecule has 4 nitrogen and oxygen atoms in total. The van der Waals surface area contributed by atoms with E-state index in [1.165, 1.54) is 6.92 Å². The smallest absolute Gasteiger partial charge is 0.305 e. The molecule has 0 spiro atoms. The number of hydrogen-bond acceptors (Lipinski definition) is 4. The molecule has 14 heavy (non-hydrogen) atoms. The minimum absolute atomic E-state index is 0.191. The molecule has 0 radical (unpaired) electrons. The minimum Gasteiger partial charge on any atom is -0.508 e. The molecule has 1 aromatic rings. The van der Waals surface area contributed by atoms with Crippen molar-refractivity contribution in [2.24, 2.45) is 0 Å². The SMILES string of the molecule is CC(=O)OC1OCc2cc(O)ccc21. The van der Waals surface area contributed by atoms with E-state index in [2.05, 4.69) is 0 Å². The summed E-state index contributed by atoms with van der Waals surface area (Å²) in [6.07, 6.45) is -0.622. The zero-order valence-corrected chi connectivity index (χ0v) is 7.69. The van der Waals surface area contributed by atoms with Gasteiger partial charge in [0, 0.05) is 12.5 Å². The lowest BCUT2D eigenvalue weighted by atomic mass is 10.1. The van der Waals surface area contributed by atoms with Crippen LogP contribution < -0.4 is 0 Å². The number of ether oxygens (including phenoxy) is 2. The molecule has 0 saturated carbocycles. The van der Waals surface area contributed by atoms with Gasteiger partial charge in [-0.1, -0.05) is 0 Å². The summed E-state index contributed by atoms with van der Waals surface area (Å²) < 4.78 is 10.2. The predicted octanol–water partition coefficient (Wildman–Crippen LogP) is 1.48. The molecular weight excluding hydrogens is 184 g/mol. The highest BCUT2D eigenvalue weighted by Crippen LogP contribution is 2.33. The van der Waals surface area contributed by atoms with Crippen molar-refractivity contribution in [1.82, 2.24) is 0 Å². The maximum absolute atomic E-state index is 10.7. The molecule has 1 N–H and O–H groups in total. The third kappa shape index (κ3) is 1.56. The third-order valence-corrected chi connectivity index (χ3v) is 2.04. The van der Waals surface area contributed by atoms with Crippen molar-refractivity contribution in [3.63, 3.8) is 0 Å². The number of rotatable bonds is 1.